The number of aryl methyl sites for hydroxylation is 1. The van der Waals surface area contributed by atoms with Gasteiger partial charge >= 0.3 is 0 Å². The number of para-hydroxylation sites is 1. The van der Waals surface area contributed by atoms with Crippen LogP contribution in [0.25, 0.3) is 0 Å². The van der Waals surface area contributed by atoms with Crippen LogP contribution in [0.15, 0.2) is 83.8 Å². The summed E-state index contributed by atoms with van der Waals surface area (Å²) in [6.07, 6.45) is 3.09. The van der Waals surface area contributed by atoms with Gasteiger partial charge in [-0.1, -0.05) is 66.2 Å². The van der Waals surface area contributed by atoms with Crippen molar-refractivity contribution in [1.29, 1.82) is 0 Å². The number of piperidine rings is 2. The van der Waals surface area contributed by atoms with Crippen molar-refractivity contribution >= 4 is 31.6 Å². The molecule has 2 fully saturated rings. The number of sulfonamides is 2. The molecular weight excluding hydrogens is 629 g/mol. The van der Waals surface area contributed by atoms with E-state index in [1.54, 1.807) is 23.1 Å². The quantitative estimate of drug-likeness (QED) is 0.237. The van der Waals surface area contributed by atoms with Crippen molar-refractivity contribution in [3.05, 3.63) is 106 Å². The Balaban J connectivity index is 1.18. The minimum Gasteiger partial charge on any atom is -0.341 e. The molecule has 2 aliphatic rings. The summed E-state index contributed by atoms with van der Waals surface area (Å²) in [6.45, 7) is 3.58. The molecule has 1 amide bonds. The van der Waals surface area contributed by atoms with Crippen molar-refractivity contribution in [2.75, 3.05) is 26.2 Å². The third kappa shape index (κ3) is 8.19. The summed E-state index contributed by atoms with van der Waals surface area (Å²) in [7, 11) is -7.66. The van der Waals surface area contributed by atoms with Gasteiger partial charge in [-0.05, 0) is 68.6 Å². The summed E-state index contributed by atoms with van der Waals surface area (Å²) >= 11 is 0. The lowest BCUT2D eigenvalue weighted by Crippen LogP contribution is -2.52. The van der Waals surface area contributed by atoms with E-state index in [2.05, 4.69) is 4.72 Å². The smallest absolute Gasteiger partial charge is 0.273 e. The largest absolute Gasteiger partial charge is 0.341 e. The van der Waals surface area contributed by atoms with Gasteiger partial charge in [-0.2, -0.15) is 4.72 Å². The van der Waals surface area contributed by atoms with E-state index in [4.69, 9.17) is 0 Å². The van der Waals surface area contributed by atoms with E-state index in [0.717, 1.165) is 24.0 Å². The maximum atomic E-state index is 13.8. The average molecular weight is 669 g/mol. The molecule has 3 aromatic carbocycles. The Morgan fingerprint density at radius 3 is 2.02 bits per heavy atom. The topological polar surface area (TPSA) is 147 Å². The zero-order chi connectivity index (χ0) is 32.9. The Hall–Kier alpha value is -3.65. The van der Waals surface area contributed by atoms with Gasteiger partial charge in [-0.25, -0.2) is 21.1 Å². The van der Waals surface area contributed by atoms with E-state index in [9.17, 15) is 31.7 Å². The highest BCUT2D eigenvalue weighted by Crippen LogP contribution is 2.34. The fourth-order valence-electron chi connectivity index (χ4n) is 6.54. The van der Waals surface area contributed by atoms with E-state index < -0.39 is 36.8 Å². The number of hydrogen-bond donors (Lipinski definition) is 1. The van der Waals surface area contributed by atoms with Gasteiger partial charge in [0.2, 0.25) is 26.0 Å². The van der Waals surface area contributed by atoms with Crippen molar-refractivity contribution in [2.45, 2.75) is 55.7 Å². The number of hydrogen-bond acceptors (Lipinski definition) is 7. The molecule has 2 heterocycles. The molecule has 0 bridgehead atoms. The first-order chi connectivity index (χ1) is 21.9. The molecule has 1 N–H and O–H groups in total. The standard InChI is InChI=1S/C33H40N4O7S2/c1-25-11-13-30(14-12-25)46(43,44)34-31(23-26-7-3-2-4-8-26)33(38)35-19-15-27(16-20-35)28-17-21-36(22-18-28)45(41,42)24-29-9-5-6-10-32(29)37(39)40/h2-14,27-28,31,34H,15-24H2,1H3. The first-order valence-corrected chi connectivity index (χ1v) is 18.6. The first-order valence-electron chi connectivity index (χ1n) is 15.5. The molecule has 2 aliphatic heterocycles. The summed E-state index contributed by atoms with van der Waals surface area (Å²) in [4.78, 5) is 26.5. The number of amides is 1. The fraction of sp³-hybridized carbons (Fsp3) is 0.424. The lowest BCUT2D eigenvalue weighted by molar-refractivity contribution is -0.385. The van der Waals surface area contributed by atoms with E-state index in [1.165, 1.54) is 34.6 Å². The normalized spacial score (nSPS) is 17.9. The minimum atomic E-state index is -3.94. The van der Waals surface area contributed by atoms with E-state index >= 15 is 0 Å². The van der Waals surface area contributed by atoms with Crippen LogP contribution in [0.2, 0.25) is 0 Å². The van der Waals surface area contributed by atoms with Crippen molar-refractivity contribution in [1.82, 2.24) is 13.9 Å². The summed E-state index contributed by atoms with van der Waals surface area (Å²) in [5.41, 5.74) is 1.77. The third-order valence-corrected chi connectivity index (χ3v) is 12.5. The van der Waals surface area contributed by atoms with Crippen molar-refractivity contribution < 1.29 is 26.6 Å². The molecule has 0 aromatic heterocycles. The van der Waals surface area contributed by atoms with Crippen molar-refractivity contribution in [2.24, 2.45) is 11.8 Å². The molecule has 11 nitrogen and oxygen atoms in total. The van der Waals surface area contributed by atoms with Crippen molar-refractivity contribution in [3.8, 4) is 0 Å². The van der Waals surface area contributed by atoms with Gasteiger partial charge < -0.3 is 4.90 Å². The Morgan fingerprint density at radius 2 is 1.41 bits per heavy atom. The van der Waals surface area contributed by atoms with Gasteiger partial charge in [0.1, 0.15) is 6.04 Å². The lowest BCUT2D eigenvalue weighted by atomic mass is 9.79. The Labute approximate surface area is 270 Å². The molecule has 2 saturated heterocycles. The second-order valence-electron chi connectivity index (χ2n) is 12.2. The molecule has 0 aliphatic carbocycles. The van der Waals surface area contributed by atoms with Crippen LogP contribution in [-0.4, -0.2) is 69.1 Å². The molecule has 0 saturated carbocycles. The molecule has 5 rings (SSSR count). The minimum absolute atomic E-state index is 0.109. The maximum absolute atomic E-state index is 13.8. The number of nitrogens with zero attached hydrogens (tertiary/aromatic N) is 3. The van der Waals surface area contributed by atoms with Crippen LogP contribution in [0.5, 0.6) is 0 Å². The number of benzene rings is 3. The Morgan fingerprint density at radius 1 is 0.848 bits per heavy atom. The van der Waals surface area contributed by atoms with Crippen LogP contribution in [0.1, 0.15) is 42.4 Å². The second kappa shape index (κ2) is 14.4. The van der Waals surface area contributed by atoms with E-state index in [0.29, 0.717) is 50.9 Å². The molecule has 3 aromatic rings. The predicted octanol–water partition coefficient (Wildman–Crippen LogP) is 4.27. The predicted molar refractivity (Wildman–Crippen MR) is 175 cm³/mol. The molecule has 0 radical (unpaired) electrons. The molecule has 13 heteroatoms. The van der Waals surface area contributed by atoms with Crippen LogP contribution in [0.3, 0.4) is 0 Å². The van der Waals surface area contributed by atoms with Crippen LogP contribution >= 0.6 is 0 Å². The van der Waals surface area contributed by atoms with E-state index in [1.807, 2.05) is 37.3 Å². The fourth-order valence-corrected chi connectivity index (χ4v) is 9.31. The van der Waals surface area contributed by atoms with Gasteiger partial charge in [-0.15, -0.1) is 0 Å². The molecule has 1 unspecified atom stereocenters. The van der Waals surface area contributed by atoms with Gasteiger partial charge in [-0.3, -0.25) is 14.9 Å². The zero-order valence-electron chi connectivity index (χ0n) is 25.8. The molecule has 0 spiro atoms. The molecular formula is C33H40N4O7S2. The average Bonchev–Trinajstić information content (AvgIpc) is 3.05. The lowest BCUT2D eigenvalue weighted by Gasteiger charge is -2.40. The highest BCUT2D eigenvalue weighted by Gasteiger charge is 2.36. The summed E-state index contributed by atoms with van der Waals surface area (Å²) in [5.74, 6) is -0.0441. The molecule has 1 atom stereocenters. The van der Waals surface area contributed by atoms with Crippen molar-refractivity contribution in [3.63, 3.8) is 0 Å². The monoisotopic (exact) mass is 668 g/mol. The summed E-state index contributed by atoms with van der Waals surface area (Å²) < 4.78 is 56.9. The second-order valence-corrected chi connectivity index (χ2v) is 15.9. The van der Waals surface area contributed by atoms with Crippen LogP contribution < -0.4 is 4.72 Å². The Kier molecular flexibility index (Phi) is 10.6. The van der Waals surface area contributed by atoms with Gasteiger partial charge in [0, 0.05) is 37.8 Å². The van der Waals surface area contributed by atoms with E-state index in [-0.39, 0.29) is 28.5 Å². The highest BCUT2D eigenvalue weighted by atomic mass is 32.2. The van der Waals surface area contributed by atoms with Gasteiger partial charge in [0.15, 0.2) is 0 Å². The summed E-state index contributed by atoms with van der Waals surface area (Å²) in [6, 6.07) is 20.8. The number of rotatable bonds is 11. The first kappa shape index (κ1) is 33.7. The van der Waals surface area contributed by atoms with Crippen LogP contribution in [0, 0.1) is 28.9 Å². The van der Waals surface area contributed by atoms with Gasteiger partial charge in [0.05, 0.1) is 15.6 Å². The molecule has 246 valence electrons. The number of nitro benzene ring substituents is 1. The van der Waals surface area contributed by atoms with Crippen LogP contribution in [0.4, 0.5) is 5.69 Å². The summed E-state index contributed by atoms with van der Waals surface area (Å²) in [5, 5.41) is 11.4. The van der Waals surface area contributed by atoms with Gasteiger partial charge in [0.25, 0.3) is 5.69 Å². The zero-order valence-corrected chi connectivity index (χ0v) is 27.5. The number of nitrogens with one attached hydrogen (secondary N) is 1. The number of carbonyl (C=O) groups excluding carboxylic acids is 1. The third-order valence-electron chi connectivity index (χ3n) is 9.15. The maximum Gasteiger partial charge on any atom is 0.273 e. The highest BCUT2D eigenvalue weighted by molar-refractivity contribution is 7.89. The number of carbonyl (C=O) groups is 1. The number of nitro groups is 1. The molecule has 46 heavy (non-hydrogen) atoms. The van der Waals surface area contributed by atoms with Crippen LogP contribution in [-0.2, 0) is 37.0 Å². The Bertz CT molecular complexity index is 1730. The SMILES string of the molecule is Cc1ccc(S(=O)(=O)NC(Cc2ccccc2)C(=O)N2CCC(C3CCN(S(=O)(=O)Cc4ccccc4[N+](=O)[O-])CC3)CC2)cc1. The number of likely N-dealkylation sites (tertiary alicyclic amines) is 1.